The number of nitrogens with two attached hydrogens (primary N) is 1. The molecule has 1 aliphatic heterocycles. The van der Waals surface area contributed by atoms with Gasteiger partial charge in [-0.25, -0.2) is 4.39 Å². The van der Waals surface area contributed by atoms with E-state index < -0.39 is 0 Å². The molecule has 2 rings (SSSR count). The van der Waals surface area contributed by atoms with Crippen LogP contribution in [0.15, 0.2) is 18.2 Å². The second-order valence-electron chi connectivity index (χ2n) is 4.43. The molecule has 0 aromatic heterocycles. The molecule has 17 heavy (non-hydrogen) atoms. The molecule has 0 radical (unpaired) electrons. The molecule has 1 fully saturated rings. The first-order valence-electron chi connectivity index (χ1n) is 6.29. The highest BCUT2D eigenvalue weighted by Crippen LogP contribution is 2.25. The second-order valence-corrected chi connectivity index (χ2v) is 4.43. The Morgan fingerprint density at radius 2 is 2.06 bits per heavy atom. The zero-order valence-electron chi connectivity index (χ0n) is 10.1. The predicted octanol–water partition coefficient (Wildman–Crippen LogP) is 2.19. The molecular weight excluding hydrogens is 217 g/mol. The number of nitrogens with one attached hydrogen (secondary N) is 1. The van der Waals surface area contributed by atoms with Gasteiger partial charge in [0.05, 0.1) is 5.69 Å². The van der Waals surface area contributed by atoms with Crippen molar-refractivity contribution in [2.75, 3.05) is 36.4 Å². The summed E-state index contributed by atoms with van der Waals surface area (Å²) in [5, 5.41) is 3.17. The van der Waals surface area contributed by atoms with Gasteiger partial charge in [-0.2, -0.15) is 0 Å². The van der Waals surface area contributed by atoms with E-state index in [1.807, 2.05) is 12.1 Å². The van der Waals surface area contributed by atoms with Crippen molar-refractivity contribution in [2.45, 2.75) is 19.3 Å². The topological polar surface area (TPSA) is 41.3 Å². The average molecular weight is 237 g/mol. The van der Waals surface area contributed by atoms with Crippen LogP contribution in [0.4, 0.5) is 15.8 Å². The monoisotopic (exact) mass is 237 g/mol. The maximum atomic E-state index is 13.9. The Bertz CT molecular complexity index is 362. The quantitative estimate of drug-likeness (QED) is 0.771. The van der Waals surface area contributed by atoms with Gasteiger partial charge in [-0.1, -0.05) is 0 Å². The van der Waals surface area contributed by atoms with Crippen LogP contribution >= 0.6 is 0 Å². The van der Waals surface area contributed by atoms with Crippen LogP contribution in [0.5, 0.6) is 0 Å². The molecule has 1 aromatic carbocycles. The van der Waals surface area contributed by atoms with Crippen LogP contribution in [-0.2, 0) is 0 Å². The van der Waals surface area contributed by atoms with Gasteiger partial charge >= 0.3 is 0 Å². The SMILES string of the molecule is NCCCNc1ccc(N2CCCC2)c(F)c1. The van der Waals surface area contributed by atoms with E-state index in [-0.39, 0.29) is 5.82 Å². The van der Waals surface area contributed by atoms with Crippen molar-refractivity contribution in [3.63, 3.8) is 0 Å². The van der Waals surface area contributed by atoms with E-state index >= 15 is 0 Å². The highest BCUT2D eigenvalue weighted by Gasteiger charge is 2.15. The summed E-state index contributed by atoms with van der Waals surface area (Å²) in [6.45, 7) is 3.38. The normalized spacial score (nSPS) is 15.3. The molecule has 1 aromatic rings. The highest BCUT2D eigenvalue weighted by molar-refractivity contribution is 5.56. The van der Waals surface area contributed by atoms with Crippen molar-refractivity contribution in [2.24, 2.45) is 5.73 Å². The maximum absolute atomic E-state index is 13.9. The van der Waals surface area contributed by atoms with Crippen LogP contribution in [0.2, 0.25) is 0 Å². The first-order valence-corrected chi connectivity index (χ1v) is 6.29. The Balaban J connectivity index is 2.00. The number of halogens is 1. The molecule has 0 amide bonds. The van der Waals surface area contributed by atoms with Crippen LogP contribution in [0.25, 0.3) is 0 Å². The van der Waals surface area contributed by atoms with Gasteiger partial charge in [-0.05, 0) is 44.0 Å². The van der Waals surface area contributed by atoms with E-state index in [1.54, 1.807) is 6.07 Å². The fourth-order valence-electron chi connectivity index (χ4n) is 2.17. The third kappa shape index (κ3) is 3.09. The standard InChI is InChI=1S/C13H20FN3/c14-12-10-11(16-7-3-6-15)4-5-13(12)17-8-1-2-9-17/h4-5,10,16H,1-3,6-9,15H2. The largest absolute Gasteiger partial charge is 0.385 e. The van der Waals surface area contributed by atoms with Gasteiger partial charge in [-0.3, -0.25) is 0 Å². The van der Waals surface area contributed by atoms with Crippen LogP contribution in [-0.4, -0.2) is 26.2 Å². The fraction of sp³-hybridized carbons (Fsp3) is 0.538. The number of hydrogen-bond acceptors (Lipinski definition) is 3. The average Bonchev–Trinajstić information content (AvgIpc) is 2.83. The molecule has 3 N–H and O–H groups in total. The van der Waals surface area contributed by atoms with Gasteiger partial charge in [0.15, 0.2) is 0 Å². The molecule has 0 aliphatic carbocycles. The van der Waals surface area contributed by atoms with Gasteiger partial charge in [0, 0.05) is 25.3 Å². The highest BCUT2D eigenvalue weighted by atomic mass is 19.1. The van der Waals surface area contributed by atoms with Crippen molar-refractivity contribution < 1.29 is 4.39 Å². The first-order chi connectivity index (χ1) is 8.31. The number of hydrogen-bond donors (Lipinski definition) is 2. The number of rotatable bonds is 5. The van der Waals surface area contributed by atoms with Crippen LogP contribution in [0, 0.1) is 5.82 Å². The van der Waals surface area contributed by atoms with Gasteiger partial charge in [0.2, 0.25) is 0 Å². The molecule has 0 bridgehead atoms. The molecular formula is C13H20FN3. The van der Waals surface area contributed by atoms with Crippen LogP contribution in [0.1, 0.15) is 19.3 Å². The minimum Gasteiger partial charge on any atom is -0.385 e. The molecule has 1 aliphatic rings. The Kier molecular flexibility index (Phi) is 4.20. The summed E-state index contributed by atoms with van der Waals surface area (Å²) in [5.41, 5.74) is 6.97. The van der Waals surface area contributed by atoms with Crippen LogP contribution in [0.3, 0.4) is 0 Å². The summed E-state index contributed by atoms with van der Waals surface area (Å²) in [6.07, 6.45) is 3.22. The lowest BCUT2D eigenvalue weighted by atomic mass is 10.2. The van der Waals surface area contributed by atoms with Crippen LogP contribution < -0.4 is 16.0 Å². The summed E-state index contributed by atoms with van der Waals surface area (Å²) in [5.74, 6) is -0.135. The van der Waals surface area contributed by atoms with E-state index in [9.17, 15) is 4.39 Å². The molecule has 0 unspecified atom stereocenters. The molecule has 1 saturated heterocycles. The lowest BCUT2D eigenvalue weighted by Gasteiger charge is -2.19. The minimum absolute atomic E-state index is 0.135. The summed E-state index contributed by atoms with van der Waals surface area (Å²) in [6, 6.07) is 5.38. The minimum atomic E-state index is -0.135. The number of benzene rings is 1. The fourth-order valence-corrected chi connectivity index (χ4v) is 2.17. The molecule has 0 atom stereocenters. The summed E-state index contributed by atoms with van der Waals surface area (Å²) in [7, 11) is 0. The number of anilines is 2. The van der Waals surface area contributed by atoms with E-state index in [0.29, 0.717) is 6.54 Å². The van der Waals surface area contributed by atoms with Gasteiger partial charge in [0.1, 0.15) is 5.82 Å². The van der Waals surface area contributed by atoms with Crippen molar-refractivity contribution in [1.82, 2.24) is 0 Å². The molecule has 4 heteroatoms. The molecule has 1 heterocycles. The van der Waals surface area contributed by atoms with Crippen molar-refractivity contribution in [3.8, 4) is 0 Å². The van der Waals surface area contributed by atoms with Gasteiger partial charge < -0.3 is 16.0 Å². The number of nitrogens with zero attached hydrogens (tertiary/aromatic N) is 1. The lowest BCUT2D eigenvalue weighted by Crippen LogP contribution is -2.19. The van der Waals surface area contributed by atoms with E-state index in [4.69, 9.17) is 5.73 Å². The Morgan fingerprint density at radius 1 is 1.29 bits per heavy atom. The molecule has 94 valence electrons. The van der Waals surface area contributed by atoms with E-state index in [1.165, 1.54) is 0 Å². The summed E-state index contributed by atoms with van der Waals surface area (Å²) >= 11 is 0. The van der Waals surface area contributed by atoms with Gasteiger partial charge in [-0.15, -0.1) is 0 Å². The maximum Gasteiger partial charge on any atom is 0.148 e. The van der Waals surface area contributed by atoms with Crippen molar-refractivity contribution in [3.05, 3.63) is 24.0 Å². The third-order valence-electron chi connectivity index (χ3n) is 3.10. The van der Waals surface area contributed by atoms with E-state index in [0.717, 1.165) is 50.3 Å². The lowest BCUT2D eigenvalue weighted by molar-refractivity contribution is 0.623. The van der Waals surface area contributed by atoms with Crippen molar-refractivity contribution in [1.29, 1.82) is 0 Å². The Labute approximate surface area is 102 Å². The second kappa shape index (κ2) is 5.87. The first kappa shape index (κ1) is 12.2. The molecule has 0 saturated carbocycles. The zero-order valence-corrected chi connectivity index (χ0v) is 10.1. The smallest absolute Gasteiger partial charge is 0.148 e. The van der Waals surface area contributed by atoms with E-state index in [2.05, 4.69) is 10.2 Å². The Morgan fingerprint density at radius 3 is 2.71 bits per heavy atom. The Hall–Kier alpha value is -1.29. The molecule has 0 spiro atoms. The summed E-state index contributed by atoms with van der Waals surface area (Å²) < 4.78 is 13.9. The summed E-state index contributed by atoms with van der Waals surface area (Å²) in [4.78, 5) is 2.11. The predicted molar refractivity (Wildman–Crippen MR) is 70.0 cm³/mol. The molecule has 3 nitrogen and oxygen atoms in total. The van der Waals surface area contributed by atoms with Gasteiger partial charge in [0.25, 0.3) is 0 Å². The third-order valence-corrected chi connectivity index (χ3v) is 3.10. The van der Waals surface area contributed by atoms with Crippen molar-refractivity contribution >= 4 is 11.4 Å². The zero-order chi connectivity index (χ0) is 12.1.